The Bertz CT molecular complexity index is 523. The number of halogens is 1. The molecule has 1 rings (SSSR count). The number of nitrogens with one attached hydrogen (secondary N) is 3. The second-order valence-electron chi connectivity index (χ2n) is 5.76. The second kappa shape index (κ2) is 15.8. The van der Waals surface area contributed by atoms with Crippen LogP contribution in [0.2, 0.25) is 0 Å². The van der Waals surface area contributed by atoms with Crippen molar-refractivity contribution in [2.24, 2.45) is 4.99 Å². The number of ether oxygens (including phenoxy) is 1. The number of rotatable bonds is 11. The number of amides is 1. The summed E-state index contributed by atoms with van der Waals surface area (Å²) in [5.74, 6) is 1.18. The van der Waals surface area contributed by atoms with Gasteiger partial charge in [-0.15, -0.1) is 24.0 Å². The van der Waals surface area contributed by atoms with Gasteiger partial charge in [0.15, 0.2) is 5.96 Å². The van der Waals surface area contributed by atoms with Gasteiger partial charge in [0.2, 0.25) is 5.91 Å². The lowest BCUT2D eigenvalue weighted by Gasteiger charge is -2.12. The monoisotopic (exact) mass is 477 g/mol. The summed E-state index contributed by atoms with van der Waals surface area (Å²) < 4.78 is 5.51. The van der Waals surface area contributed by atoms with Crippen molar-refractivity contribution in [3.05, 3.63) is 23.9 Å². The number of anilines is 1. The van der Waals surface area contributed by atoms with Crippen LogP contribution in [0.4, 0.5) is 5.82 Å². The van der Waals surface area contributed by atoms with E-state index in [2.05, 4.69) is 32.9 Å². The fourth-order valence-corrected chi connectivity index (χ4v) is 1.99. The number of hydrogen-bond acceptors (Lipinski definition) is 4. The summed E-state index contributed by atoms with van der Waals surface area (Å²) in [5.41, 5.74) is 1.06. The first-order chi connectivity index (χ1) is 12.2. The van der Waals surface area contributed by atoms with E-state index in [1.807, 2.05) is 13.0 Å². The van der Waals surface area contributed by atoms with Crippen molar-refractivity contribution in [1.29, 1.82) is 0 Å². The Kier molecular flexibility index (Phi) is 14.9. The molecule has 0 atom stereocenters. The summed E-state index contributed by atoms with van der Waals surface area (Å²) in [7, 11) is 1.71. The van der Waals surface area contributed by atoms with Crippen LogP contribution in [-0.2, 0) is 9.53 Å². The number of hydrogen-bond donors (Lipinski definition) is 3. The van der Waals surface area contributed by atoms with Gasteiger partial charge < -0.3 is 20.7 Å². The molecule has 0 aliphatic heterocycles. The van der Waals surface area contributed by atoms with Crippen molar-refractivity contribution in [2.75, 3.05) is 38.7 Å². The molecular formula is C18H32IN5O2. The molecule has 0 aliphatic carbocycles. The fourth-order valence-electron chi connectivity index (χ4n) is 1.99. The Morgan fingerprint density at radius 1 is 1.19 bits per heavy atom. The SMILES string of the molecule is CCCCOCCCNC(=NC)NCCC(=O)Nc1ccc(C)cn1.I. The fraction of sp³-hybridized carbons (Fsp3) is 0.611. The molecule has 26 heavy (non-hydrogen) atoms. The second-order valence-corrected chi connectivity index (χ2v) is 5.76. The van der Waals surface area contributed by atoms with E-state index in [0.29, 0.717) is 24.7 Å². The minimum Gasteiger partial charge on any atom is -0.381 e. The standard InChI is InChI=1S/C18H31N5O2.HI/c1-4-5-12-25-13-6-10-20-18(19-3)21-11-9-17(24)23-16-8-7-15(2)14-22-16;/h7-8,14H,4-6,9-13H2,1-3H3,(H2,19,20,21)(H,22,23,24);1H. The van der Waals surface area contributed by atoms with E-state index in [-0.39, 0.29) is 29.9 Å². The summed E-state index contributed by atoms with van der Waals surface area (Å²) in [6.45, 7) is 6.97. The molecule has 0 unspecified atom stereocenters. The normalized spacial score (nSPS) is 10.8. The van der Waals surface area contributed by atoms with Gasteiger partial charge in [0.25, 0.3) is 0 Å². The lowest BCUT2D eigenvalue weighted by molar-refractivity contribution is -0.116. The Balaban J connectivity index is 0.00000625. The highest BCUT2D eigenvalue weighted by Crippen LogP contribution is 2.03. The van der Waals surface area contributed by atoms with E-state index in [4.69, 9.17) is 4.74 Å². The molecule has 1 heterocycles. The maximum atomic E-state index is 11.9. The van der Waals surface area contributed by atoms with Crippen molar-refractivity contribution in [2.45, 2.75) is 39.5 Å². The van der Waals surface area contributed by atoms with Gasteiger partial charge in [-0.05, 0) is 31.4 Å². The molecule has 1 amide bonds. The Morgan fingerprint density at radius 2 is 1.92 bits per heavy atom. The number of carbonyl (C=O) groups is 1. The van der Waals surface area contributed by atoms with Crippen LogP contribution < -0.4 is 16.0 Å². The number of guanidine groups is 1. The first kappa shape index (κ1) is 24.6. The van der Waals surface area contributed by atoms with Crippen molar-refractivity contribution < 1.29 is 9.53 Å². The molecule has 0 saturated carbocycles. The molecule has 148 valence electrons. The highest BCUT2D eigenvalue weighted by atomic mass is 127. The van der Waals surface area contributed by atoms with Gasteiger partial charge in [0.05, 0.1) is 0 Å². The highest BCUT2D eigenvalue weighted by Gasteiger charge is 2.04. The molecule has 7 nitrogen and oxygen atoms in total. The molecule has 8 heteroatoms. The summed E-state index contributed by atoms with van der Waals surface area (Å²) in [4.78, 5) is 20.2. The Hall–Kier alpha value is -1.42. The van der Waals surface area contributed by atoms with Crippen molar-refractivity contribution in [3.63, 3.8) is 0 Å². The number of nitrogens with zero attached hydrogens (tertiary/aromatic N) is 2. The van der Waals surface area contributed by atoms with Crippen molar-refractivity contribution in [1.82, 2.24) is 15.6 Å². The zero-order valence-electron chi connectivity index (χ0n) is 16.0. The van der Waals surface area contributed by atoms with Crippen molar-refractivity contribution in [3.8, 4) is 0 Å². The first-order valence-electron chi connectivity index (χ1n) is 8.90. The average molecular weight is 477 g/mol. The van der Waals surface area contributed by atoms with Crippen molar-refractivity contribution >= 4 is 41.7 Å². The van der Waals surface area contributed by atoms with Crippen LogP contribution in [0, 0.1) is 6.92 Å². The molecule has 1 aromatic heterocycles. The van der Waals surface area contributed by atoms with Crippen LogP contribution in [0.5, 0.6) is 0 Å². The van der Waals surface area contributed by atoms with Gasteiger partial charge in [-0.3, -0.25) is 9.79 Å². The van der Waals surface area contributed by atoms with Crippen LogP contribution in [0.15, 0.2) is 23.3 Å². The molecule has 0 fully saturated rings. The highest BCUT2D eigenvalue weighted by molar-refractivity contribution is 14.0. The third-order valence-corrected chi connectivity index (χ3v) is 3.45. The van der Waals surface area contributed by atoms with Crippen LogP contribution >= 0.6 is 24.0 Å². The van der Waals surface area contributed by atoms with Gasteiger partial charge >= 0.3 is 0 Å². The van der Waals surface area contributed by atoms with Gasteiger partial charge in [-0.2, -0.15) is 0 Å². The van der Waals surface area contributed by atoms with Gasteiger partial charge in [-0.25, -0.2) is 4.98 Å². The molecule has 0 radical (unpaired) electrons. The minimum absolute atomic E-state index is 0. The van der Waals surface area contributed by atoms with E-state index in [1.165, 1.54) is 0 Å². The van der Waals surface area contributed by atoms with Crippen LogP contribution in [0.25, 0.3) is 0 Å². The molecule has 1 aromatic rings. The minimum atomic E-state index is -0.0800. The molecule has 0 aliphatic rings. The summed E-state index contributed by atoms with van der Waals surface area (Å²) in [6, 6.07) is 3.71. The third kappa shape index (κ3) is 12.0. The van der Waals surface area contributed by atoms with Crippen LogP contribution in [0.3, 0.4) is 0 Å². The number of unbranched alkanes of at least 4 members (excludes halogenated alkanes) is 1. The molecule has 0 saturated heterocycles. The van der Waals surface area contributed by atoms with E-state index >= 15 is 0 Å². The Labute approximate surface area is 173 Å². The Morgan fingerprint density at radius 3 is 2.58 bits per heavy atom. The lowest BCUT2D eigenvalue weighted by Crippen LogP contribution is -2.39. The van der Waals surface area contributed by atoms with Gasteiger partial charge in [-0.1, -0.05) is 19.4 Å². The number of aromatic nitrogens is 1. The van der Waals surface area contributed by atoms with Crippen LogP contribution in [0.1, 0.15) is 38.2 Å². The van der Waals surface area contributed by atoms with E-state index in [9.17, 15) is 4.79 Å². The summed E-state index contributed by atoms with van der Waals surface area (Å²) in [5, 5.41) is 9.10. The quantitative estimate of drug-likeness (QED) is 0.198. The van der Waals surface area contributed by atoms with E-state index in [0.717, 1.165) is 44.6 Å². The van der Waals surface area contributed by atoms with Crippen LogP contribution in [-0.4, -0.2) is 50.2 Å². The maximum Gasteiger partial charge on any atom is 0.227 e. The number of carbonyl (C=O) groups excluding carboxylic acids is 1. The number of pyridine rings is 1. The zero-order valence-corrected chi connectivity index (χ0v) is 18.3. The molecule has 0 aromatic carbocycles. The van der Waals surface area contributed by atoms with E-state index in [1.54, 1.807) is 19.3 Å². The largest absolute Gasteiger partial charge is 0.381 e. The van der Waals surface area contributed by atoms with Gasteiger partial charge in [0, 0.05) is 46.0 Å². The molecule has 0 spiro atoms. The summed E-state index contributed by atoms with van der Waals surface area (Å²) >= 11 is 0. The number of aliphatic imine (C=N–C) groups is 1. The predicted octanol–water partition coefficient (Wildman–Crippen LogP) is 2.71. The molecular weight excluding hydrogens is 445 g/mol. The lowest BCUT2D eigenvalue weighted by atomic mass is 10.3. The average Bonchev–Trinajstić information content (AvgIpc) is 2.61. The smallest absolute Gasteiger partial charge is 0.227 e. The maximum absolute atomic E-state index is 11.9. The summed E-state index contributed by atoms with van der Waals surface area (Å²) in [6.07, 6.45) is 5.26. The topological polar surface area (TPSA) is 87.6 Å². The molecule has 3 N–H and O–H groups in total. The predicted molar refractivity (Wildman–Crippen MR) is 117 cm³/mol. The van der Waals surface area contributed by atoms with Gasteiger partial charge in [0.1, 0.15) is 5.82 Å². The van der Waals surface area contributed by atoms with E-state index < -0.39 is 0 Å². The zero-order chi connectivity index (χ0) is 18.3. The molecule has 0 bridgehead atoms. The first-order valence-corrected chi connectivity index (χ1v) is 8.90. The number of aryl methyl sites for hydroxylation is 1. The third-order valence-electron chi connectivity index (χ3n) is 3.45.